The summed E-state index contributed by atoms with van der Waals surface area (Å²) in [6.07, 6.45) is -1.74. The number of fused-ring (bicyclic) bond motifs is 1. The van der Waals surface area contributed by atoms with Crippen molar-refractivity contribution in [1.29, 1.82) is 0 Å². The molecule has 31 heavy (non-hydrogen) atoms. The largest absolute Gasteiger partial charge is 0.471 e. The van der Waals surface area contributed by atoms with Gasteiger partial charge in [-0.15, -0.1) is 0 Å². The van der Waals surface area contributed by atoms with Gasteiger partial charge in [-0.2, -0.15) is 18.2 Å². The molecule has 0 saturated heterocycles. The number of hydrogen-bond acceptors (Lipinski definition) is 6. The third-order valence-electron chi connectivity index (χ3n) is 4.64. The van der Waals surface area contributed by atoms with Crippen molar-refractivity contribution in [3.8, 4) is 11.4 Å². The first-order valence-corrected chi connectivity index (χ1v) is 11.1. The number of aromatic nitrogens is 4. The Labute approximate surface area is 176 Å². The molecule has 3 heterocycles. The number of alkyl halides is 3. The van der Waals surface area contributed by atoms with Gasteiger partial charge in [-0.25, -0.2) is 13.6 Å². The van der Waals surface area contributed by atoms with Crippen molar-refractivity contribution < 1.29 is 21.9 Å². The van der Waals surface area contributed by atoms with E-state index in [1.165, 1.54) is 18.5 Å². The van der Waals surface area contributed by atoms with Crippen molar-refractivity contribution in [3.05, 3.63) is 65.3 Å². The van der Waals surface area contributed by atoms with Gasteiger partial charge in [0.1, 0.15) is 10.7 Å². The highest BCUT2D eigenvalue weighted by atomic mass is 32.2. The lowest BCUT2D eigenvalue weighted by Gasteiger charge is -2.07. The molecular formula is C20H18F3N5O2S. The lowest BCUT2D eigenvalue weighted by Crippen LogP contribution is -2.05. The minimum absolute atomic E-state index is 0.231. The Morgan fingerprint density at radius 3 is 2.45 bits per heavy atom. The summed E-state index contributed by atoms with van der Waals surface area (Å²) in [5.74, 6) is -1.66. The Balaban J connectivity index is 1.77. The van der Waals surface area contributed by atoms with Crippen LogP contribution in [0.2, 0.25) is 0 Å². The molecule has 0 aliphatic carbocycles. The quantitative estimate of drug-likeness (QED) is 0.452. The molecule has 3 aromatic heterocycles. The summed E-state index contributed by atoms with van der Waals surface area (Å²) in [6.45, 7) is 3.94. The summed E-state index contributed by atoms with van der Waals surface area (Å²) in [6, 6.07) is 10.9. The number of pyridine rings is 1. The Bertz CT molecular complexity index is 1380. The van der Waals surface area contributed by atoms with Crippen LogP contribution in [0.5, 0.6) is 0 Å². The summed E-state index contributed by atoms with van der Waals surface area (Å²) < 4.78 is 62.1. The maximum atomic E-state index is 13.5. The molecule has 1 unspecified atom stereocenters. The Hall–Kier alpha value is -3.21. The SMILES string of the molecule is Cc1ccc(CN=S(C)(=O)c2c(C)nc3ccc(-c4noc(C(F)(F)F)n4)cn23)cc1. The second kappa shape index (κ2) is 7.49. The van der Waals surface area contributed by atoms with E-state index in [1.807, 2.05) is 31.2 Å². The van der Waals surface area contributed by atoms with Gasteiger partial charge in [-0.1, -0.05) is 35.0 Å². The molecule has 0 amide bonds. The fourth-order valence-electron chi connectivity index (χ4n) is 3.14. The number of rotatable bonds is 4. The minimum Gasteiger partial charge on any atom is -0.329 e. The molecule has 1 atom stereocenters. The van der Waals surface area contributed by atoms with E-state index in [1.54, 1.807) is 17.4 Å². The van der Waals surface area contributed by atoms with E-state index >= 15 is 0 Å². The zero-order valence-corrected chi connectivity index (χ0v) is 17.7. The monoisotopic (exact) mass is 449 g/mol. The van der Waals surface area contributed by atoms with Gasteiger partial charge in [0.15, 0.2) is 0 Å². The molecule has 0 fully saturated rings. The van der Waals surface area contributed by atoms with Gasteiger partial charge >= 0.3 is 12.1 Å². The smallest absolute Gasteiger partial charge is 0.329 e. The number of halogens is 3. The molecule has 0 saturated carbocycles. The fourth-order valence-corrected chi connectivity index (χ4v) is 4.76. The van der Waals surface area contributed by atoms with E-state index in [9.17, 15) is 17.4 Å². The summed E-state index contributed by atoms with van der Waals surface area (Å²) in [4.78, 5) is 7.81. The Kier molecular flexibility index (Phi) is 5.08. The van der Waals surface area contributed by atoms with Crippen LogP contribution in [0.3, 0.4) is 0 Å². The van der Waals surface area contributed by atoms with Crippen LogP contribution in [-0.2, 0) is 22.5 Å². The predicted molar refractivity (Wildman–Crippen MR) is 108 cm³/mol. The average molecular weight is 449 g/mol. The molecule has 0 radical (unpaired) electrons. The van der Waals surface area contributed by atoms with Gasteiger partial charge in [0.25, 0.3) is 0 Å². The summed E-state index contributed by atoms with van der Waals surface area (Å²) in [5, 5.41) is 3.78. The zero-order chi connectivity index (χ0) is 22.4. The first-order chi connectivity index (χ1) is 14.5. The number of nitrogens with zero attached hydrogens (tertiary/aromatic N) is 5. The fraction of sp³-hybridized carbons (Fsp3) is 0.250. The molecule has 1 aromatic carbocycles. The Morgan fingerprint density at radius 2 is 1.81 bits per heavy atom. The van der Waals surface area contributed by atoms with Crippen LogP contribution >= 0.6 is 0 Å². The van der Waals surface area contributed by atoms with Crippen LogP contribution in [0.25, 0.3) is 17.0 Å². The number of hydrogen-bond donors (Lipinski definition) is 0. The van der Waals surface area contributed by atoms with E-state index in [0.717, 1.165) is 11.1 Å². The van der Waals surface area contributed by atoms with Gasteiger partial charge in [-0.3, -0.25) is 4.40 Å². The molecule has 4 rings (SSSR count). The third-order valence-corrected chi connectivity index (χ3v) is 6.47. The molecule has 11 heteroatoms. The minimum atomic E-state index is -4.74. The number of benzene rings is 1. The molecule has 162 valence electrons. The van der Waals surface area contributed by atoms with Crippen LogP contribution in [-0.4, -0.2) is 30.0 Å². The lowest BCUT2D eigenvalue weighted by atomic mass is 10.2. The standard InChI is InChI=1S/C20H18F3N5O2S/c1-12-4-6-14(7-5-12)10-24-31(3,29)18-13(2)25-16-9-8-15(11-28(16)18)17-26-19(30-27-17)20(21,22)23/h4-9,11H,10H2,1-3H3. The van der Waals surface area contributed by atoms with Gasteiger partial charge in [0.05, 0.1) is 22.0 Å². The highest BCUT2D eigenvalue weighted by molar-refractivity contribution is 7.92. The van der Waals surface area contributed by atoms with Crippen molar-refractivity contribution in [2.24, 2.45) is 4.36 Å². The van der Waals surface area contributed by atoms with Crippen LogP contribution in [0, 0.1) is 13.8 Å². The zero-order valence-electron chi connectivity index (χ0n) is 16.8. The van der Waals surface area contributed by atoms with E-state index in [2.05, 4.69) is 24.0 Å². The van der Waals surface area contributed by atoms with E-state index in [0.29, 0.717) is 16.4 Å². The van der Waals surface area contributed by atoms with Gasteiger partial charge in [-0.05, 0) is 31.5 Å². The number of imidazole rings is 1. The van der Waals surface area contributed by atoms with Crippen molar-refractivity contribution in [2.45, 2.75) is 31.6 Å². The van der Waals surface area contributed by atoms with Crippen molar-refractivity contribution in [1.82, 2.24) is 19.5 Å². The summed E-state index contributed by atoms with van der Waals surface area (Å²) in [7, 11) is -2.87. The maximum Gasteiger partial charge on any atom is 0.471 e. The lowest BCUT2D eigenvalue weighted by molar-refractivity contribution is -0.159. The summed E-state index contributed by atoms with van der Waals surface area (Å²) in [5.41, 5.74) is 3.29. The third kappa shape index (κ3) is 4.18. The van der Waals surface area contributed by atoms with E-state index < -0.39 is 21.8 Å². The molecule has 0 aliphatic heterocycles. The molecule has 0 aliphatic rings. The van der Waals surface area contributed by atoms with Crippen molar-refractivity contribution in [2.75, 3.05) is 6.26 Å². The van der Waals surface area contributed by atoms with Crippen LogP contribution < -0.4 is 0 Å². The maximum absolute atomic E-state index is 13.5. The van der Waals surface area contributed by atoms with Crippen LogP contribution in [0.1, 0.15) is 22.7 Å². The molecule has 7 nitrogen and oxygen atoms in total. The van der Waals surface area contributed by atoms with Crippen LogP contribution in [0.4, 0.5) is 13.2 Å². The van der Waals surface area contributed by atoms with Gasteiger partial charge in [0, 0.05) is 18.0 Å². The van der Waals surface area contributed by atoms with Crippen molar-refractivity contribution >= 4 is 15.4 Å². The molecule has 0 bridgehead atoms. The molecule has 0 N–H and O–H groups in total. The first kappa shape index (κ1) is 21.0. The highest BCUT2D eigenvalue weighted by Gasteiger charge is 2.38. The predicted octanol–water partition coefficient (Wildman–Crippen LogP) is 4.68. The van der Waals surface area contributed by atoms with E-state index in [-0.39, 0.29) is 17.9 Å². The van der Waals surface area contributed by atoms with Gasteiger partial charge < -0.3 is 4.52 Å². The normalized spacial score (nSPS) is 14.0. The Morgan fingerprint density at radius 1 is 1.10 bits per heavy atom. The second-order valence-corrected chi connectivity index (χ2v) is 9.39. The second-order valence-electron chi connectivity index (χ2n) is 7.14. The van der Waals surface area contributed by atoms with Gasteiger partial charge in [0.2, 0.25) is 5.82 Å². The highest BCUT2D eigenvalue weighted by Crippen LogP contribution is 2.30. The molecule has 0 spiro atoms. The molecular weight excluding hydrogens is 431 g/mol. The van der Waals surface area contributed by atoms with Crippen molar-refractivity contribution in [3.63, 3.8) is 0 Å². The number of aryl methyl sites for hydroxylation is 2. The van der Waals surface area contributed by atoms with E-state index in [4.69, 9.17) is 0 Å². The molecule has 4 aromatic rings. The average Bonchev–Trinajstić information content (AvgIpc) is 3.31. The summed E-state index contributed by atoms with van der Waals surface area (Å²) >= 11 is 0. The first-order valence-electron chi connectivity index (χ1n) is 9.18. The van der Waals surface area contributed by atoms with Crippen LogP contribution in [0.15, 0.2) is 56.5 Å². The topological polar surface area (TPSA) is 85.6 Å².